The summed E-state index contributed by atoms with van der Waals surface area (Å²) in [5.74, 6) is 0.524. The Bertz CT molecular complexity index is 1050. The van der Waals surface area contributed by atoms with Crippen molar-refractivity contribution in [1.82, 2.24) is 9.78 Å². The molecule has 0 aliphatic carbocycles. The Morgan fingerprint density at radius 3 is 2.34 bits per heavy atom. The number of carbonyl (C=O) groups is 1. The zero-order valence-corrected chi connectivity index (χ0v) is 22.5. The highest BCUT2D eigenvalue weighted by Gasteiger charge is 2.24. The van der Waals surface area contributed by atoms with Crippen molar-refractivity contribution in [3.05, 3.63) is 52.3 Å². The lowest BCUT2D eigenvalue weighted by molar-refractivity contribution is -0.0700. The molecule has 0 bridgehead atoms. The Balaban J connectivity index is 2.59. The first-order chi connectivity index (χ1) is 16.5. The van der Waals surface area contributed by atoms with Gasteiger partial charge in [-0.25, -0.2) is 4.79 Å². The summed E-state index contributed by atoms with van der Waals surface area (Å²) in [4.78, 5) is 16.4. The van der Waals surface area contributed by atoms with E-state index >= 15 is 0 Å². The van der Waals surface area contributed by atoms with Crippen LogP contribution in [0, 0.1) is 13.8 Å². The molecule has 1 heterocycles. The van der Waals surface area contributed by atoms with Gasteiger partial charge in [0.05, 0.1) is 12.3 Å². The summed E-state index contributed by atoms with van der Waals surface area (Å²) >= 11 is 0. The number of aryl methyl sites for hydroxylation is 2. The number of benzene rings is 1. The van der Waals surface area contributed by atoms with Crippen molar-refractivity contribution in [2.24, 2.45) is 4.99 Å². The van der Waals surface area contributed by atoms with E-state index in [2.05, 4.69) is 55.1 Å². The van der Waals surface area contributed by atoms with Crippen molar-refractivity contribution in [2.75, 3.05) is 27.4 Å². The predicted octanol–water partition coefficient (Wildman–Crippen LogP) is 5.55. The third kappa shape index (κ3) is 7.42. The topological polar surface area (TPSA) is 84.2 Å². The van der Waals surface area contributed by atoms with Crippen LogP contribution in [0.4, 0.5) is 4.79 Å². The smallest absolute Gasteiger partial charge is 0.452 e. The highest BCUT2D eigenvalue weighted by molar-refractivity contribution is 6.18. The summed E-state index contributed by atoms with van der Waals surface area (Å²) in [7, 11) is 3.24. The minimum atomic E-state index is -0.922. The molecule has 0 amide bonds. The largest absolute Gasteiger partial charge is 0.511 e. The van der Waals surface area contributed by atoms with Gasteiger partial charge in [0.25, 0.3) is 0 Å². The lowest BCUT2D eigenvalue weighted by Crippen LogP contribution is -2.21. The Morgan fingerprint density at radius 2 is 1.80 bits per heavy atom. The summed E-state index contributed by atoms with van der Waals surface area (Å²) in [5, 5.41) is 4.66. The molecule has 1 unspecified atom stereocenters. The fourth-order valence-electron chi connectivity index (χ4n) is 3.55. The number of allylic oxidation sites excluding steroid dienone is 1. The van der Waals surface area contributed by atoms with Gasteiger partial charge in [-0.1, -0.05) is 45.0 Å². The molecule has 0 saturated heterocycles. The van der Waals surface area contributed by atoms with E-state index in [-0.39, 0.29) is 18.6 Å². The van der Waals surface area contributed by atoms with Crippen LogP contribution in [0.1, 0.15) is 62.7 Å². The van der Waals surface area contributed by atoms with Crippen molar-refractivity contribution < 1.29 is 23.7 Å². The Morgan fingerprint density at radius 1 is 1.14 bits per heavy atom. The van der Waals surface area contributed by atoms with Crippen LogP contribution in [0.3, 0.4) is 0 Å². The number of carbonyl (C=O) groups excluding carboxylic acids is 1. The predicted molar refractivity (Wildman–Crippen MR) is 139 cm³/mol. The minimum absolute atomic E-state index is 0.0284. The second-order valence-electron chi connectivity index (χ2n) is 9.23. The van der Waals surface area contributed by atoms with Gasteiger partial charge in [-0.05, 0) is 37.3 Å². The molecule has 8 nitrogen and oxygen atoms in total. The molecule has 8 heteroatoms. The van der Waals surface area contributed by atoms with Crippen molar-refractivity contribution >= 4 is 23.7 Å². The highest BCUT2D eigenvalue weighted by Crippen LogP contribution is 2.32. The molecule has 0 saturated carbocycles. The molecule has 2 rings (SSSR count). The number of nitrogens with zero attached hydrogens (tertiary/aromatic N) is 3. The first-order valence-corrected chi connectivity index (χ1v) is 11.8. The zero-order valence-electron chi connectivity index (χ0n) is 22.5. The van der Waals surface area contributed by atoms with E-state index in [1.165, 1.54) is 12.7 Å². The van der Waals surface area contributed by atoms with Crippen LogP contribution < -0.4 is 0 Å². The standard InChI is InChI=1S/C27H39N3O5/c1-10-30-24(18(2)19(3)29-30)25(34-20(4)35-26(31)33-16-15-32-9)23(17-28-8)21-11-13-22(14-12-21)27(5,6)7/h11-14,17,20H,10,15-16H2,1-9H3/b25-23-,28-17-. The Hall–Kier alpha value is -3.13. The van der Waals surface area contributed by atoms with Crippen LogP contribution >= 0.6 is 0 Å². The molecular weight excluding hydrogens is 446 g/mol. The van der Waals surface area contributed by atoms with Crippen LogP contribution in [-0.2, 0) is 30.9 Å². The van der Waals surface area contributed by atoms with E-state index in [9.17, 15) is 4.79 Å². The van der Waals surface area contributed by atoms with Gasteiger partial charge in [-0.2, -0.15) is 5.10 Å². The molecule has 192 valence electrons. The van der Waals surface area contributed by atoms with Crippen molar-refractivity contribution in [3.63, 3.8) is 0 Å². The molecule has 1 atom stereocenters. The molecule has 2 aromatic rings. The Labute approximate surface area is 208 Å². The average molecular weight is 486 g/mol. The first kappa shape index (κ1) is 28.1. The van der Waals surface area contributed by atoms with Crippen molar-refractivity contribution in [3.8, 4) is 0 Å². The quantitative estimate of drug-likeness (QED) is 0.144. The lowest BCUT2D eigenvalue weighted by atomic mass is 9.86. The van der Waals surface area contributed by atoms with E-state index < -0.39 is 12.4 Å². The Kier molecular flexibility index (Phi) is 10.1. The van der Waals surface area contributed by atoms with Crippen molar-refractivity contribution in [2.45, 2.75) is 66.7 Å². The summed E-state index contributed by atoms with van der Waals surface area (Å²) in [6.45, 7) is 15.2. The molecule has 0 fully saturated rings. The maximum atomic E-state index is 12.1. The van der Waals surface area contributed by atoms with Gasteiger partial charge in [0, 0.05) is 45.0 Å². The van der Waals surface area contributed by atoms with E-state index in [0.717, 1.165) is 28.1 Å². The molecule has 1 aromatic heterocycles. The zero-order chi connectivity index (χ0) is 26.2. The van der Waals surface area contributed by atoms with Gasteiger partial charge in [-0.15, -0.1) is 0 Å². The number of hydrogen-bond donors (Lipinski definition) is 0. The van der Waals surface area contributed by atoms with Crippen LogP contribution in [0.15, 0.2) is 29.3 Å². The summed E-state index contributed by atoms with van der Waals surface area (Å²) in [5.41, 5.74) is 5.61. The highest BCUT2D eigenvalue weighted by atomic mass is 16.8. The summed E-state index contributed by atoms with van der Waals surface area (Å²) in [6, 6.07) is 8.33. The SMILES string of the molecule is CCn1nc(C)c(C)c1/C(OC(C)OC(=O)OCCOC)=C(\C=N/C)c1ccc(C(C)(C)C)cc1. The lowest BCUT2D eigenvalue weighted by Gasteiger charge is -2.22. The van der Waals surface area contributed by atoms with E-state index in [1.54, 1.807) is 20.2 Å². The molecule has 0 aliphatic rings. The number of methoxy groups -OCH3 is 1. The maximum absolute atomic E-state index is 12.1. The molecule has 35 heavy (non-hydrogen) atoms. The van der Waals surface area contributed by atoms with E-state index in [0.29, 0.717) is 12.3 Å². The van der Waals surface area contributed by atoms with Gasteiger partial charge in [0.1, 0.15) is 12.3 Å². The van der Waals surface area contributed by atoms with Gasteiger partial charge in [-0.3, -0.25) is 9.67 Å². The molecule has 1 aromatic carbocycles. The fourth-order valence-corrected chi connectivity index (χ4v) is 3.55. The van der Waals surface area contributed by atoms with Crippen LogP contribution in [0.25, 0.3) is 11.3 Å². The number of hydrogen-bond acceptors (Lipinski definition) is 7. The maximum Gasteiger partial charge on any atom is 0.511 e. The third-order valence-electron chi connectivity index (χ3n) is 5.56. The molecule has 0 spiro atoms. The van der Waals surface area contributed by atoms with Crippen LogP contribution in [0.2, 0.25) is 0 Å². The number of aromatic nitrogens is 2. The monoisotopic (exact) mass is 485 g/mol. The second-order valence-corrected chi connectivity index (χ2v) is 9.23. The summed E-state index contributed by atoms with van der Waals surface area (Å²) < 4.78 is 23.5. The van der Waals surface area contributed by atoms with E-state index in [4.69, 9.17) is 18.9 Å². The molecular formula is C27H39N3O5. The van der Waals surface area contributed by atoms with Crippen LogP contribution in [0.5, 0.6) is 0 Å². The second kappa shape index (κ2) is 12.5. The van der Waals surface area contributed by atoms with Gasteiger partial charge in [0.15, 0.2) is 5.76 Å². The first-order valence-electron chi connectivity index (χ1n) is 11.8. The van der Waals surface area contributed by atoms with Gasteiger partial charge < -0.3 is 18.9 Å². The van der Waals surface area contributed by atoms with Gasteiger partial charge in [0.2, 0.25) is 6.29 Å². The average Bonchev–Trinajstić information content (AvgIpc) is 3.09. The van der Waals surface area contributed by atoms with Gasteiger partial charge >= 0.3 is 6.16 Å². The summed E-state index contributed by atoms with van der Waals surface area (Å²) in [6.07, 6.45) is 0.00687. The number of rotatable bonds is 10. The minimum Gasteiger partial charge on any atom is -0.452 e. The number of ether oxygens (including phenoxy) is 4. The molecule has 0 aliphatic heterocycles. The van der Waals surface area contributed by atoms with Crippen LogP contribution in [-0.4, -0.2) is 55.8 Å². The third-order valence-corrected chi connectivity index (χ3v) is 5.56. The normalized spacial score (nSPS) is 13.5. The number of aliphatic imine (C=N–C) groups is 1. The van der Waals surface area contributed by atoms with Crippen molar-refractivity contribution in [1.29, 1.82) is 0 Å². The molecule has 0 radical (unpaired) electrons. The molecule has 0 N–H and O–H groups in total. The fraction of sp³-hybridized carbons (Fsp3) is 0.519. The van der Waals surface area contributed by atoms with E-state index in [1.807, 2.05) is 25.5 Å².